The Morgan fingerprint density at radius 2 is 1.73 bits per heavy atom. The number of benzene rings is 2. The Kier molecular flexibility index (Phi) is 4.28. The minimum atomic E-state index is -3.58. The first-order valence-corrected chi connectivity index (χ1v) is 10.3. The number of rotatable bonds is 4. The van der Waals surface area contributed by atoms with Gasteiger partial charge in [0.25, 0.3) is 10.0 Å². The molecule has 2 heterocycles. The van der Waals surface area contributed by atoms with Gasteiger partial charge in [-0.3, -0.25) is 4.72 Å². The molecule has 0 bridgehead atoms. The molecule has 3 aromatic rings. The summed E-state index contributed by atoms with van der Waals surface area (Å²) in [6.07, 6.45) is 5.49. The van der Waals surface area contributed by atoms with Crippen molar-refractivity contribution in [1.82, 2.24) is 9.55 Å². The smallest absolute Gasteiger partial charge is 0.261 e. The highest BCUT2D eigenvalue weighted by atomic mass is 32.2. The molecule has 1 aromatic heterocycles. The number of aryl methyl sites for hydroxylation is 3. The van der Waals surface area contributed by atoms with Crippen molar-refractivity contribution < 1.29 is 8.42 Å². The van der Waals surface area contributed by atoms with Gasteiger partial charge in [0.15, 0.2) is 0 Å². The summed E-state index contributed by atoms with van der Waals surface area (Å²) in [5, 5.41) is 0. The van der Waals surface area contributed by atoms with Gasteiger partial charge in [-0.2, -0.15) is 0 Å². The van der Waals surface area contributed by atoms with Crippen molar-refractivity contribution in [3.05, 3.63) is 66.1 Å². The largest absolute Gasteiger partial charge is 0.334 e. The van der Waals surface area contributed by atoms with E-state index in [4.69, 9.17) is 4.98 Å². The van der Waals surface area contributed by atoms with Crippen LogP contribution in [-0.4, -0.2) is 18.0 Å². The Morgan fingerprint density at radius 1 is 1.00 bits per heavy atom. The lowest BCUT2D eigenvalue weighted by molar-refractivity contribution is 0.522. The molecule has 1 N–H and O–H groups in total. The summed E-state index contributed by atoms with van der Waals surface area (Å²) in [4.78, 5) is 4.96. The van der Waals surface area contributed by atoms with Gasteiger partial charge in [-0.25, -0.2) is 13.4 Å². The molecule has 0 aliphatic carbocycles. The summed E-state index contributed by atoms with van der Waals surface area (Å²) in [6.45, 7) is 2.95. The van der Waals surface area contributed by atoms with Gasteiger partial charge >= 0.3 is 0 Å². The van der Waals surface area contributed by atoms with Crippen LogP contribution in [0, 0.1) is 6.92 Å². The quantitative estimate of drug-likeness (QED) is 0.758. The molecule has 0 spiro atoms. The van der Waals surface area contributed by atoms with Crippen molar-refractivity contribution in [1.29, 1.82) is 0 Å². The number of aromatic nitrogens is 2. The summed E-state index contributed by atoms with van der Waals surface area (Å²) in [6, 6.07) is 14.2. The lowest BCUT2D eigenvalue weighted by Crippen LogP contribution is -2.12. The summed E-state index contributed by atoms with van der Waals surface area (Å²) < 4.78 is 29.8. The Bertz CT molecular complexity index is 996. The first-order chi connectivity index (χ1) is 12.5. The number of nitrogens with zero attached hydrogens (tertiary/aromatic N) is 2. The molecule has 1 aliphatic rings. The number of imidazole rings is 1. The van der Waals surface area contributed by atoms with Crippen LogP contribution in [0.15, 0.2) is 59.6 Å². The number of hydrogen-bond acceptors (Lipinski definition) is 3. The van der Waals surface area contributed by atoms with Crippen LogP contribution in [0.1, 0.15) is 24.2 Å². The van der Waals surface area contributed by atoms with Crippen molar-refractivity contribution in [2.75, 3.05) is 4.72 Å². The van der Waals surface area contributed by atoms with Gasteiger partial charge in [-0.15, -0.1) is 0 Å². The zero-order valence-corrected chi connectivity index (χ0v) is 15.5. The minimum absolute atomic E-state index is 0.258. The molecular weight excluding hydrogens is 346 g/mol. The van der Waals surface area contributed by atoms with Crippen molar-refractivity contribution in [2.45, 2.75) is 37.6 Å². The van der Waals surface area contributed by atoms with Gasteiger partial charge in [0, 0.05) is 30.4 Å². The fraction of sp³-hybridized carbons (Fsp3) is 0.250. The zero-order chi connectivity index (χ0) is 18.1. The average Bonchev–Trinajstić information content (AvgIpc) is 3.06. The molecule has 1 aliphatic heterocycles. The molecule has 0 unspecified atom stereocenters. The van der Waals surface area contributed by atoms with E-state index < -0.39 is 10.0 Å². The molecule has 0 radical (unpaired) electrons. The standard InChI is InChI=1S/C20H21N3O2S/c1-15-5-11-18(12-6-15)26(24,25)22-17-9-7-16(8-10-17)19-14-23-13-3-2-4-20(23)21-19/h5-12,14,22H,2-4,13H2,1H3. The molecule has 0 saturated heterocycles. The van der Waals surface area contributed by atoms with Gasteiger partial charge in [-0.1, -0.05) is 29.8 Å². The monoisotopic (exact) mass is 367 g/mol. The van der Waals surface area contributed by atoms with E-state index in [1.165, 1.54) is 12.8 Å². The molecule has 0 saturated carbocycles. The first kappa shape index (κ1) is 16.8. The van der Waals surface area contributed by atoms with Crippen LogP contribution < -0.4 is 4.72 Å². The fourth-order valence-electron chi connectivity index (χ4n) is 3.19. The molecule has 4 rings (SSSR count). The SMILES string of the molecule is Cc1ccc(S(=O)(=O)Nc2ccc(-c3cn4c(n3)CCCC4)cc2)cc1. The highest BCUT2D eigenvalue weighted by molar-refractivity contribution is 7.92. The Labute approximate surface area is 153 Å². The molecule has 6 heteroatoms. The van der Waals surface area contributed by atoms with E-state index in [1.54, 1.807) is 36.4 Å². The van der Waals surface area contributed by atoms with Crippen LogP contribution in [0.25, 0.3) is 11.3 Å². The predicted molar refractivity (Wildman–Crippen MR) is 103 cm³/mol. The Morgan fingerprint density at radius 3 is 2.42 bits per heavy atom. The van der Waals surface area contributed by atoms with E-state index in [1.807, 2.05) is 19.1 Å². The Hall–Kier alpha value is -2.60. The van der Waals surface area contributed by atoms with Gasteiger partial charge in [0.1, 0.15) is 5.82 Å². The third-order valence-electron chi connectivity index (χ3n) is 4.67. The predicted octanol–water partition coefficient (Wildman–Crippen LogP) is 4.00. The third-order valence-corrected chi connectivity index (χ3v) is 6.07. The van der Waals surface area contributed by atoms with Crippen LogP contribution >= 0.6 is 0 Å². The molecule has 134 valence electrons. The maximum Gasteiger partial charge on any atom is 0.261 e. The second-order valence-corrected chi connectivity index (χ2v) is 8.37. The van der Waals surface area contributed by atoms with Crippen molar-refractivity contribution in [3.8, 4) is 11.3 Å². The molecule has 0 amide bonds. The van der Waals surface area contributed by atoms with Crippen LogP contribution in [0.2, 0.25) is 0 Å². The van der Waals surface area contributed by atoms with Gasteiger partial charge < -0.3 is 4.57 Å². The lowest BCUT2D eigenvalue weighted by Gasteiger charge is -2.11. The van der Waals surface area contributed by atoms with Gasteiger partial charge in [0.05, 0.1) is 10.6 Å². The highest BCUT2D eigenvalue weighted by Crippen LogP contribution is 2.25. The topological polar surface area (TPSA) is 64.0 Å². The Balaban J connectivity index is 1.54. The first-order valence-electron chi connectivity index (χ1n) is 8.77. The van der Waals surface area contributed by atoms with Crippen LogP contribution in [0.5, 0.6) is 0 Å². The molecule has 26 heavy (non-hydrogen) atoms. The maximum absolute atomic E-state index is 12.5. The van der Waals surface area contributed by atoms with E-state index in [-0.39, 0.29) is 4.90 Å². The lowest BCUT2D eigenvalue weighted by atomic mass is 10.1. The van der Waals surface area contributed by atoms with E-state index in [2.05, 4.69) is 15.5 Å². The van der Waals surface area contributed by atoms with Crippen LogP contribution in [0.4, 0.5) is 5.69 Å². The molecule has 0 atom stereocenters. The van der Waals surface area contributed by atoms with E-state index in [9.17, 15) is 8.42 Å². The van der Waals surface area contributed by atoms with Crippen molar-refractivity contribution in [3.63, 3.8) is 0 Å². The fourth-order valence-corrected chi connectivity index (χ4v) is 4.25. The number of fused-ring (bicyclic) bond motifs is 1. The van der Waals surface area contributed by atoms with Crippen molar-refractivity contribution in [2.24, 2.45) is 0 Å². The maximum atomic E-state index is 12.5. The van der Waals surface area contributed by atoms with Crippen LogP contribution in [-0.2, 0) is 23.0 Å². The average molecular weight is 367 g/mol. The summed E-state index contributed by atoms with van der Waals surface area (Å²) in [5.41, 5.74) is 3.49. The normalized spacial score (nSPS) is 14.0. The summed E-state index contributed by atoms with van der Waals surface area (Å²) in [5.74, 6) is 1.13. The highest BCUT2D eigenvalue weighted by Gasteiger charge is 2.15. The third kappa shape index (κ3) is 3.37. The molecule has 5 nitrogen and oxygen atoms in total. The van der Waals surface area contributed by atoms with E-state index >= 15 is 0 Å². The summed E-state index contributed by atoms with van der Waals surface area (Å²) >= 11 is 0. The molecule has 0 fully saturated rings. The second kappa shape index (κ2) is 6.61. The zero-order valence-electron chi connectivity index (χ0n) is 14.6. The number of anilines is 1. The number of sulfonamides is 1. The number of nitrogens with one attached hydrogen (secondary N) is 1. The second-order valence-electron chi connectivity index (χ2n) is 6.69. The van der Waals surface area contributed by atoms with E-state index in [0.717, 1.165) is 35.6 Å². The van der Waals surface area contributed by atoms with Crippen LogP contribution in [0.3, 0.4) is 0 Å². The molecular formula is C20H21N3O2S. The van der Waals surface area contributed by atoms with Crippen molar-refractivity contribution >= 4 is 15.7 Å². The minimum Gasteiger partial charge on any atom is -0.334 e. The number of hydrogen-bond donors (Lipinski definition) is 1. The molecule has 2 aromatic carbocycles. The van der Waals surface area contributed by atoms with Gasteiger partial charge in [-0.05, 0) is 44.0 Å². The van der Waals surface area contributed by atoms with Gasteiger partial charge in [0.2, 0.25) is 0 Å². The summed E-state index contributed by atoms with van der Waals surface area (Å²) in [7, 11) is -3.58. The van der Waals surface area contributed by atoms with E-state index in [0.29, 0.717) is 5.69 Å².